The third-order valence-electron chi connectivity index (χ3n) is 3.73. The van der Waals surface area contributed by atoms with Gasteiger partial charge in [-0.25, -0.2) is 0 Å². The van der Waals surface area contributed by atoms with E-state index < -0.39 is 0 Å². The number of thioether (sulfide) groups is 2. The fraction of sp³-hybridized carbons (Fsp3) is 1.00. The van der Waals surface area contributed by atoms with Crippen LogP contribution in [0.2, 0.25) is 0 Å². The summed E-state index contributed by atoms with van der Waals surface area (Å²) in [5, 5.41) is 0. The van der Waals surface area contributed by atoms with Gasteiger partial charge in [0.2, 0.25) is 0 Å². The molecular formula is C14H26O2S2. The maximum atomic E-state index is 5.96. The van der Waals surface area contributed by atoms with Gasteiger partial charge >= 0.3 is 0 Å². The molecule has 0 aromatic heterocycles. The molecule has 2 nitrogen and oxygen atoms in total. The van der Waals surface area contributed by atoms with Crippen LogP contribution in [0.3, 0.4) is 0 Å². The van der Waals surface area contributed by atoms with Gasteiger partial charge < -0.3 is 9.47 Å². The summed E-state index contributed by atoms with van der Waals surface area (Å²) in [6.45, 7) is 9.48. The second kappa shape index (κ2) is 6.38. The van der Waals surface area contributed by atoms with Gasteiger partial charge in [0.05, 0.1) is 17.3 Å². The van der Waals surface area contributed by atoms with Crippen LogP contribution in [0.25, 0.3) is 0 Å². The molecule has 2 aliphatic heterocycles. The Morgan fingerprint density at radius 1 is 1.17 bits per heavy atom. The highest BCUT2D eigenvalue weighted by molar-refractivity contribution is 8.17. The van der Waals surface area contributed by atoms with Crippen molar-refractivity contribution < 1.29 is 9.47 Å². The molecule has 0 aliphatic carbocycles. The van der Waals surface area contributed by atoms with Crippen LogP contribution < -0.4 is 0 Å². The largest absolute Gasteiger partial charge is 0.348 e. The van der Waals surface area contributed by atoms with Gasteiger partial charge in [0.1, 0.15) is 0 Å². The Bertz CT molecular complexity index is 265. The van der Waals surface area contributed by atoms with E-state index in [-0.39, 0.29) is 11.9 Å². The fourth-order valence-electron chi connectivity index (χ4n) is 2.68. The van der Waals surface area contributed by atoms with Crippen molar-refractivity contribution >= 4 is 23.5 Å². The highest BCUT2D eigenvalue weighted by Gasteiger charge is 2.36. The molecule has 2 saturated heterocycles. The molecule has 0 spiro atoms. The van der Waals surface area contributed by atoms with Gasteiger partial charge in [0.25, 0.3) is 0 Å². The summed E-state index contributed by atoms with van der Waals surface area (Å²) in [5.74, 6) is 3.66. The summed E-state index contributed by atoms with van der Waals surface area (Å²) in [6.07, 6.45) is 2.90. The summed E-state index contributed by atoms with van der Waals surface area (Å²) in [7, 11) is 0. The van der Waals surface area contributed by atoms with Crippen molar-refractivity contribution in [3.63, 3.8) is 0 Å². The van der Waals surface area contributed by atoms with Crippen LogP contribution in [0.4, 0.5) is 0 Å². The standard InChI is InChI=1S/C14H26O2S2/c1-10(12-9-15-14(3,4)16-12)8-11(2)13-17-6-5-7-18-13/h10-13H,5-9H2,1-4H3/t10-,11-,12+/m0/s1. The summed E-state index contributed by atoms with van der Waals surface area (Å²) >= 11 is 4.29. The van der Waals surface area contributed by atoms with E-state index in [1.54, 1.807) is 0 Å². The molecule has 2 fully saturated rings. The average molecular weight is 290 g/mol. The molecule has 0 aromatic carbocycles. The van der Waals surface area contributed by atoms with Gasteiger partial charge in [0.15, 0.2) is 5.79 Å². The molecular weight excluding hydrogens is 264 g/mol. The lowest BCUT2D eigenvalue weighted by Crippen LogP contribution is -2.28. The van der Waals surface area contributed by atoms with E-state index in [0.717, 1.165) is 17.1 Å². The smallest absolute Gasteiger partial charge is 0.163 e. The van der Waals surface area contributed by atoms with Crippen LogP contribution in [0, 0.1) is 11.8 Å². The third-order valence-corrected chi connectivity index (χ3v) is 7.18. The quantitative estimate of drug-likeness (QED) is 0.779. The maximum Gasteiger partial charge on any atom is 0.163 e. The van der Waals surface area contributed by atoms with Crippen molar-refractivity contribution in [2.24, 2.45) is 11.8 Å². The second-order valence-corrected chi connectivity index (χ2v) is 8.82. The highest BCUT2D eigenvalue weighted by atomic mass is 32.2. The zero-order chi connectivity index (χ0) is 13.2. The zero-order valence-electron chi connectivity index (χ0n) is 12.0. The minimum atomic E-state index is -0.378. The predicted octanol–water partition coefficient (Wildman–Crippen LogP) is 4.00. The van der Waals surface area contributed by atoms with E-state index in [9.17, 15) is 0 Å². The first-order valence-corrected chi connectivity index (χ1v) is 9.13. The van der Waals surface area contributed by atoms with Crippen LogP contribution in [-0.2, 0) is 9.47 Å². The van der Waals surface area contributed by atoms with Crippen molar-refractivity contribution in [3.8, 4) is 0 Å². The van der Waals surface area contributed by atoms with Crippen LogP contribution in [-0.4, -0.2) is 34.6 Å². The molecule has 4 heteroatoms. The molecule has 0 aromatic rings. The van der Waals surface area contributed by atoms with Crippen LogP contribution in [0.15, 0.2) is 0 Å². The molecule has 0 bridgehead atoms. The Morgan fingerprint density at radius 2 is 1.83 bits per heavy atom. The van der Waals surface area contributed by atoms with E-state index in [4.69, 9.17) is 9.47 Å². The summed E-state index contributed by atoms with van der Waals surface area (Å²) in [6, 6.07) is 0. The molecule has 0 saturated carbocycles. The van der Waals surface area contributed by atoms with Gasteiger partial charge in [-0.05, 0) is 50.0 Å². The Balaban J connectivity index is 1.78. The summed E-state index contributed by atoms with van der Waals surface area (Å²) in [5.41, 5.74) is 0. The zero-order valence-corrected chi connectivity index (χ0v) is 13.6. The molecule has 0 N–H and O–H groups in total. The second-order valence-electron chi connectivity index (χ2n) is 6.02. The number of hydrogen-bond acceptors (Lipinski definition) is 4. The van der Waals surface area contributed by atoms with Crippen molar-refractivity contribution in [1.82, 2.24) is 0 Å². The molecule has 2 aliphatic rings. The number of ether oxygens (including phenoxy) is 2. The first-order chi connectivity index (χ1) is 8.48. The molecule has 0 radical (unpaired) electrons. The molecule has 0 unspecified atom stereocenters. The van der Waals surface area contributed by atoms with Gasteiger partial charge in [-0.15, -0.1) is 23.5 Å². The molecule has 18 heavy (non-hydrogen) atoms. The van der Waals surface area contributed by atoms with E-state index in [1.807, 2.05) is 13.8 Å². The fourth-order valence-corrected chi connectivity index (χ4v) is 5.79. The summed E-state index contributed by atoms with van der Waals surface area (Å²) < 4.78 is 12.4. The van der Waals surface area contributed by atoms with Gasteiger partial charge in [0, 0.05) is 0 Å². The van der Waals surface area contributed by atoms with Crippen molar-refractivity contribution in [2.75, 3.05) is 18.1 Å². The van der Waals surface area contributed by atoms with Crippen LogP contribution >= 0.6 is 23.5 Å². The number of rotatable bonds is 4. The molecule has 2 rings (SSSR count). The van der Waals surface area contributed by atoms with Crippen molar-refractivity contribution in [3.05, 3.63) is 0 Å². The molecule has 3 atom stereocenters. The van der Waals surface area contributed by atoms with Gasteiger partial charge in [-0.3, -0.25) is 0 Å². The molecule has 106 valence electrons. The maximum absolute atomic E-state index is 5.96. The van der Waals surface area contributed by atoms with Gasteiger partial charge in [-0.1, -0.05) is 13.8 Å². The lowest BCUT2D eigenvalue weighted by Gasteiger charge is -2.30. The van der Waals surface area contributed by atoms with Crippen molar-refractivity contribution in [1.29, 1.82) is 0 Å². The number of hydrogen-bond donors (Lipinski definition) is 0. The first-order valence-electron chi connectivity index (χ1n) is 7.03. The SMILES string of the molecule is C[C@@H](C[C@H](C)[C@H]1COC(C)(C)O1)C1SCCCS1. The Hall–Kier alpha value is 0.620. The minimum absolute atomic E-state index is 0.279. The van der Waals surface area contributed by atoms with E-state index in [2.05, 4.69) is 37.4 Å². The first kappa shape index (κ1) is 15.0. The van der Waals surface area contributed by atoms with E-state index in [0.29, 0.717) is 5.92 Å². The molecule has 0 amide bonds. The van der Waals surface area contributed by atoms with Crippen LogP contribution in [0.5, 0.6) is 0 Å². The van der Waals surface area contributed by atoms with E-state index >= 15 is 0 Å². The monoisotopic (exact) mass is 290 g/mol. The van der Waals surface area contributed by atoms with Gasteiger partial charge in [-0.2, -0.15) is 0 Å². The van der Waals surface area contributed by atoms with E-state index in [1.165, 1.54) is 24.3 Å². The Morgan fingerprint density at radius 3 is 2.39 bits per heavy atom. The lowest BCUT2D eigenvalue weighted by atomic mass is 9.94. The average Bonchev–Trinajstić information content (AvgIpc) is 2.71. The Kier molecular flexibility index (Phi) is 5.32. The Labute approximate surface area is 120 Å². The topological polar surface area (TPSA) is 18.5 Å². The molecule has 2 heterocycles. The third kappa shape index (κ3) is 4.06. The summed E-state index contributed by atoms with van der Waals surface area (Å²) in [4.78, 5) is 0. The van der Waals surface area contributed by atoms with Crippen molar-refractivity contribution in [2.45, 2.75) is 57.0 Å². The normalized spacial score (nSPS) is 32.3. The van der Waals surface area contributed by atoms with Crippen LogP contribution in [0.1, 0.15) is 40.5 Å². The highest BCUT2D eigenvalue weighted by Crippen LogP contribution is 2.39. The predicted molar refractivity (Wildman–Crippen MR) is 81.2 cm³/mol. The lowest BCUT2D eigenvalue weighted by molar-refractivity contribution is -0.144. The minimum Gasteiger partial charge on any atom is -0.348 e.